The number of aliphatic imine (C=N–C) groups is 1. The zero-order valence-electron chi connectivity index (χ0n) is 19.8. The average molecular weight is 437 g/mol. The normalized spacial score (nSPS) is 17.0. The monoisotopic (exact) mass is 436 g/mol. The van der Waals surface area contributed by atoms with E-state index in [1.807, 2.05) is 4.90 Å². The van der Waals surface area contributed by atoms with Crippen molar-refractivity contribution in [3.8, 4) is 0 Å². The summed E-state index contributed by atoms with van der Waals surface area (Å²) in [7, 11) is 0. The van der Waals surface area contributed by atoms with Crippen LogP contribution in [-0.4, -0.2) is 22.7 Å². The van der Waals surface area contributed by atoms with Crippen molar-refractivity contribution in [2.75, 3.05) is 0 Å². The second kappa shape index (κ2) is 11.9. The Hall–Kier alpha value is -2.49. The van der Waals surface area contributed by atoms with Gasteiger partial charge in [-0.2, -0.15) is 0 Å². The Balaban J connectivity index is 1.92. The van der Waals surface area contributed by atoms with Gasteiger partial charge in [0.1, 0.15) is 17.7 Å². The molecule has 0 spiro atoms. The minimum Gasteiger partial charge on any atom is -0.308 e. The van der Waals surface area contributed by atoms with Gasteiger partial charge in [-0.1, -0.05) is 89.3 Å². The van der Waals surface area contributed by atoms with E-state index >= 15 is 0 Å². The zero-order valence-corrected chi connectivity index (χ0v) is 19.8. The summed E-state index contributed by atoms with van der Waals surface area (Å²) < 4.78 is 13.9. The molecular weight excluding hydrogens is 399 g/mol. The number of unbranched alkanes of at least 4 members (excludes halogenated alkanes) is 3. The molecule has 2 aromatic carbocycles. The van der Waals surface area contributed by atoms with Gasteiger partial charge in [-0.15, -0.1) is 0 Å². The van der Waals surface area contributed by atoms with Crippen molar-refractivity contribution < 1.29 is 9.18 Å². The van der Waals surface area contributed by atoms with Crippen LogP contribution in [0, 0.1) is 5.82 Å². The van der Waals surface area contributed by atoms with Crippen molar-refractivity contribution in [2.45, 2.75) is 90.8 Å². The number of benzene rings is 2. The number of hydrogen-bond donors (Lipinski definition) is 0. The van der Waals surface area contributed by atoms with E-state index in [4.69, 9.17) is 4.99 Å². The molecule has 1 heterocycles. The highest BCUT2D eigenvalue weighted by Gasteiger charge is 2.39. The van der Waals surface area contributed by atoms with E-state index in [1.165, 1.54) is 30.5 Å². The molecule has 2 atom stereocenters. The Labute approximate surface area is 192 Å². The lowest BCUT2D eigenvalue weighted by Gasteiger charge is -2.33. The maximum Gasteiger partial charge on any atom is 0.274 e. The van der Waals surface area contributed by atoms with Crippen molar-refractivity contribution in [3.63, 3.8) is 0 Å². The molecule has 3 nitrogen and oxygen atoms in total. The lowest BCUT2D eigenvalue weighted by Crippen LogP contribution is -2.39. The van der Waals surface area contributed by atoms with Gasteiger partial charge in [0.2, 0.25) is 0 Å². The summed E-state index contributed by atoms with van der Waals surface area (Å²) in [4.78, 5) is 20.5. The van der Waals surface area contributed by atoms with Crippen molar-refractivity contribution in [1.82, 2.24) is 4.90 Å². The van der Waals surface area contributed by atoms with Gasteiger partial charge in [-0.3, -0.25) is 9.79 Å². The first-order valence-electron chi connectivity index (χ1n) is 12.3. The Morgan fingerprint density at radius 2 is 1.75 bits per heavy atom. The fourth-order valence-electron chi connectivity index (χ4n) is 4.60. The van der Waals surface area contributed by atoms with Crippen LogP contribution in [0.15, 0.2) is 53.5 Å². The van der Waals surface area contributed by atoms with E-state index in [9.17, 15) is 9.18 Å². The molecule has 0 aromatic heterocycles. The molecule has 0 saturated carbocycles. The largest absolute Gasteiger partial charge is 0.308 e. The summed E-state index contributed by atoms with van der Waals surface area (Å²) in [6, 6.07) is 15.0. The summed E-state index contributed by atoms with van der Waals surface area (Å²) in [5.74, 6) is -0.417. The minimum absolute atomic E-state index is 0.0193. The molecule has 1 amide bonds. The standard InChI is InChI=1S/C28H37FN2O/c1-4-7-8-9-15-26-30-27(23-13-10-14-24(29)20-23)28(32)31(26)25(12-6-3)22-18-16-21(11-5-2)17-19-22/h10,13-14,16-20,25-26H,4-9,11-12,15H2,1-3H3. The van der Waals surface area contributed by atoms with Gasteiger partial charge in [0.15, 0.2) is 0 Å². The first kappa shape index (κ1) is 24.2. The molecule has 0 saturated heterocycles. The summed E-state index contributed by atoms with van der Waals surface area (Å²) >= 11 is 0. The smallest absolute Gasteiger partial charge is 0.274 e. The van der Waals surface area contributed by atoms with Crippen LogP contribution in [0.3, 0.4) is 0 Å². The van der Waals surface area contributed by atoms with E-state index in [2.05, 4.69) is 45.0 Å². The van der Waals surface area contributed by atoms with Crippen LogP contribution in [0.2, 0.25) is 0 Å². The minimum atomic E-state index is -0.340. The molecule has 4 heteroatoms. The molecule has 2 aromatic rings. The Kier molecular flexibility index (Phi) is 9.01. The van der Waals surface area contributed by atoms with Gasteiger partial charge < -0.3 is 4.90 Å². The lowest BCUT2D eigenvalue weighted by molar-refractivity contribution is -0.127. The number of halogens is 1. The van der Waals surface area contributed by atoms with Crippen molar-refractivity contribution >= 4 is 11.6 Å². The molecule has 32 heavy (non-hydrogen) atoms. The summed E-state index contributed by atoms with van der Waals surface area (Å²) in [5, 5.41) is 0. The van der Waals surface area contributed by atoms with Crippen LogP contribution in [0.25, 0.3) is 0 Å². The number of rotatable bonds is 12. The molecular formula is C28H37FN2O. The highest BCUT2D eigenvalue weighted by molar-refractivity contribution is 6.46. The molecule has 0 N–H and O–H groups in total. The Morgan fingerprint density at radius 1 is 0.969 bits per heavy atom. The molecule has 0 fully saturated rings. The maximum atomic E-state index is 13.9. The van der Waals surface area contributed by atoms with E-state index < -0.39 is 0 Å². The van der Waals surface area contributed by atoms with E-state index in [0.29, 0.717) is 11.3 Å². The topological polar surface area (TPSA) is 32.7 Å². The van der Waals surface area contributed by atoms with Gasteiger partial charge in [0.25, 0.3) is 5.91 Å². The van der Waals surface area contributed by atoms with Crippen molar-refractivity contribution in [2.24, 2.45) is 4.99 Å². The highest BCUT2D eigenvalue weighted by atomic mass is 19.1. The molecule has 2 unspecified atom stereocenters. The van der Waals surface area contributed by atoms with E-state index in [-0.39, 0.29) is 23.9 Å². The molecule has 0 radical (unpaired) electrons. The van der Waals surface area contributed by atoms with E-state index in [0.717, 1.165) is 50.5 Å². The number of amides is 1. The lowest BCUT2D eigenvalue weighted by atomic mass is 9.97. The van der Waals surface area contributed by atoms with Crippen LogP contribution in [-0.2, 0) is 11.2 Å². The fourth-order valence-corrected chi connectivity index (χ4v) is 4.60. The highest BCUT2D eigenvalue weighted by Crippen LogP contribution is 2.34. The van der Waals surface area contributed by atoms with Crippen molar-refractivity contribution in [3.05, 3.63) is 71.0 Å². The second-order valence-corrected chi connectivity index (χ2v) is 8.83. The fraction of sp³-hybridized carbons (Fsp3) is 0.500. The molecule has 3 rings (SSSR count). The predicted octanol–water partition coefficient (Wildman–Crippen LogP) is 7.25. The van der Waals surface area contributed by atoms with Crippen LogP contribution < -0.4 is 0 Å². The average Bonchev–Trinajstić information content (AvgIpc) is 3.12. The Morgan fingerprint density at radius 3 is 2.41 bits per heavy atom. The third-order valence-corrected chi connectivity index (χ3v) is 6.25. The zero-order chi connectivity index (χ0) is 22.9. The maximum absolute atomic E-state index is 13.9. The van der Waals surface area contributed by atoms with Crippen LogP contribution in [0.5, 0.6) is 0 Å². The molecule has 1 aliphatic rings. The number of hydrogen-bond acceptors (Lipinski definition) is 2. The Bertz CT molecular complexity index is 906. The third-order valence-electron chi connectivity index (χ3n) is 6.25. The summed E-state index contributed by atoms with van der Waals surface area (Å²) in [6.45, 7) is 6.54. The molecule has 1 aliphatic heterocycles. The van der Waals surface area contributed by atoms with Gasteiger partial charge in [0, 0.05) is 5.56 Å². The third kappa shape index (κ3) is 5.85. The van der Waals surface area contributed by atoms with Crippen molar-refractivity contribution in [1.29, 1.82) is 0 Å². The molecule has 172 valence electrons. The first-order valence-corrected chi connectivity index (χ1v) is 12.3. The quantitative estimate of drug-likeness (QED) is 0.323. The number of carbonyl (C=O) groups is 1. The second-order valence-electron chi connectivity index (χ2n) is 8.83. The summed E-state index contributed by atoms with van der Waals surface area (Å²) in [5.41, 5.74) is 3.46. The summed E-state index contributed by atoms with van der Waals surface area (Å²) in [6.07, 6.45) is 9.25. The van der Waals surface area contributed by atoms with Gasteiger partial charge in [-0.05, 0) is 48.9 Å². The first-order chi connectivity index (χ1) is 15.6. The SMILES string of the molecule is CCCCCCC1N=C(c2cccc(F)c2)C(=O)N1C(CCC)c1ccc(CCC)cc1. The predicted molar refractivity (Wildman–Crippen MR) is 130 cm³/mol. The van der Waals surface area contributed by atoms with Gasteiger partial charge >= 0.3 is 0 Å². The van der Waals surface area contributed by atoms with Crippen LogP contribution in [0.4, 0.5) is 4.39 Å². The van der Waals surface area contributed by atoms with Gasteiger partial charge in [0.05, 0.1) is 6.04 Å². The number of aryl methyl sites for hydroxylation is 1. The number of carbonyl (C=O) groups excluding carboxylic acids is 1. The molecule has 0 aliphatic carbocycles. The van der Waals surface area contributed by atoms with E-state index in [1.54, 1.807) is 12.1 Å². The van der Waals surface area contributed by atoms with Gasteiger partial charge in [-0.25, -0.2) is 4.39 Å². The van der Waals surface area contributed by atoms with Crippen LogP contribution >= 0.6 is 0 Å². The van der Waals surface area contributed by atoms with Crippen LogP contribution in [0.1, 0.15) is 94.9 Å². The number of nitrogens with zero attached hydrogens (tertiary/aromatic N) is 2. The molecule has 0 bridgehead atoms.